The average Bonchev–Trinajstić information content (AvgIpc) is 3.10. The van der Waals surface area contributed by atoms with Crippen LogP contribution in [0.1, 0.15) is 149 Å². The van der Waals surface area contributed by atoms with E-state index in [1.165, 1.54) is 108 Å². The van der Waals surface area contributed by atoms with Crippen molar-refractivity contribution in [3.63, 3.8) is 0 Å². The summed E-state index contributed by atoms with van der Waals surface area (Å²) in [6.07, 6.45) is 25.6. The van der Waals surface area contributed by atoms with Gasteiger partial charge in [-0.2, -0.15) is 0 Å². The molecule has 0 spiro atoms. The van der Waals surface area contributed by atoms with Gasteiger partial charge in [0.2, 0.25) is 0 Å². The molecule has 292 valence electrons. The molecule has 0 aliphatic heterocycles. The Bertz CT molecular complexity index is 1250. The smallest absolute Gasteiger partial charge is 0.168 e. The lowest BCUT2D eigenvalue weighted by Gasteiger charge is -2.33. The predicted molar refractivity (Wildman–Crippen MR) is 224 cm³/mol. The second-order valence-electron chi connectivity index (χ2n) is 17.6. The number of nitrogens with zero attached hydrogens (tertiary/aromatic N) is 2. The van der Waals surface area contributed by atoms with Crippen molar-refractivity contribution in [1.29, 1.82) is 0 Å². The lowest BCUT2D eigenvalue weighted by molar-refractivity contribution is -0.904. The first-order valence-corrected chi connectivity index (χ1v) is 21.0. The first-order chi connectivity index (χ1) is 24.9. The van der Waals surface area contributed by atoms with E-state index in [1.807, 2.05) is 0 Å². The third kappa shape index (κ3) is 23.1. The van der Waals surface area contributed by atoms with E-state index in [9.17, 15) is 0 Å². The monoisotopic (exact) mass is 717 g/mol. The van der Waals surface area contributed by atoms with Gasteiger partial charge in [0.15, 0.2) is 12.4 Å². The molecule has 0 N–H and O–H groups in total. The molecule has 0 radical (unpaired) electrons. The summed E-state index contributed by atoms with van der Waals surface area (Å²) < 4.78 is 14.9. The molecule has 0 atom stereocenters. The number of ether oxygens (including phenoxy) is 2. The highest BCUT2D eigenvalue weighted by atomic mass is 16.5. The molecule has 4 heteroatoms. The lowest BCUT2D eigenvalue weighted by atomic mass is 9.72. The zero-order valence-electron chi connectivity index (χ0n) is 35.1. The Kier molecular flexibility index (Phi) is 22.9. The van der Waals surface area contributed by atoms with Crippen molar-refractivity contribution < 1.29 is 18.5 Å². The summed E-state index contributed by atoms with van der Waals surface area (Å²) in [5.41, 5.74) is 3.19. The summed E-state index contributed by atoms with van der Waals surface area (Å²) >= 11 is 0. The molecule has 0 saturated heterocycles. The number of hydrogen-bond donors (Lipinski definition) is 0. The van der Waals surface area contributed by atoms with E-state index >= 15 is 0 Å². The molecule has 2 aromatic carbocycles. The summed E-state index contributed by atoms with van der Waals surface area (Å²) in [6.45, 7) is 18.9. The first-order valence-electron chi connectivity index (χ1n) is 21.0. The van der Waals surface area contributed by atoms with Crippen LogP contribution in [-0.4, -0.2) is 44.9 Å². The predicted octanol–water partition coefficient (Wildman–Crippen LogP) is 12.5. The molecule has 1 aromatic heterocycles. The van der Waals surface area contributed by atoms with Gasteiger partial charge >= 0.3 is 0 Å². The maximum atomic E-state index is 5.87. The van der Waals surface area contributed by atoms with Gasteiger partial charge in [-0.3, -0.25) is 0 Å². The van der Waals surface area contributed by atoms with Crippen molar-refractivity contribution in [2.45, 2.75) is 156 Å². The number of pyridine rings is 1. The van der Waals surface area contributed by atoms with Crippen LogP contribution in [0.3, 0.4) is 0 Å². The third-order valence-corrected chi connectivity index (χ3v) is 9.95. The van der Waals surface area contributed by atoms with Gasteiger partial charge in [-0.25, -0.2) is 4.57 Å². The first kappa shape index (κ1) is 45.5. The Morgan fingerprint density at radius 1 is 0.577 bits per heavy atom. The van der Waals surface area contributed by atoms with Gasteiger partial charge in [-0.05, 0) is 41.4 Å². The van der Waals surface area contributed by atoms with Gasteiger partial charge in [0.05, 0.1) is 27.3 Å². The standard InChI is InChI=1S/C27H42NO2.C21H38N/c1-26(2,3)22-27(4,5)24-13-15-25(16-14-24)30-20-19-29-18-17-28(6,7)21-23-11-9-8-10-12-23;1-2-3-4-5-6-7-8-9-10-11-12-13-14-16-19-22-20-17-15-18-21-22/h8-16H,17-22H2,1-7H3;15,17-18,20-21H,2-14,16,19H2,1H3/q2*+1. The second-order valence-corrected chi connectivity index (χ2v) is 17.6. The minimum atomic E-state index is 0.157. The van der Waals surface area contributed by atoms with Crippen molar-refractivity contribution >= 4 is 0 Å². The minimum absolute atomic E-state index is 0.157. The molecule has 1 heterocycles. The van der Waals surface area contributed by atoms with E-state index in [1.54, 1.807) is 0 Å². The van der Waals surface area contributed by atoms with E-state index in [-0.39, 0.29) is 5.41 Å². The second kappa shape index (κ2) is 26.1. The van der Waals surface area contributed by atoms with Crippen molar-refractivity contribution in [2.24, 2.45) is 5.41 Å². The molecule has 3 aromatic rings. The number of aromatic nitrogens is 1. The SMILES string of the molecule is CC(C)(C)CC(C)(C)c1ccc(OCCOCC[N+](C)(C)Cc2ccccc2)cc1.CCCCCCCCCCCCCCCC[n+]1ccccc1. The van der Waals surface area contributed by atoms with Gasteiger partial charge in [-0.1, -0.05) is 167 Å². The third-order valence-electron chi connectivity index (χ3n) is 9.95. The summed E-state index contributed by atoms with van der Waals surface area (Å²) in [6, 6.07) is 25.5. The van der Waals surface area contributed by atoms with Crippen LogP contribution < -0.4 is 9.30 Å². The number of hydrogen-bond acceptors (Lipinski definition) is 2. The van der Waals surface area contributed by atoms with Gasteiger partial charge in [0.25, 0.3) is 0 Å². The Morgan fingerprint density at radius 2 is 1.10 bits per heavy atom. The lowest BCUT2D eigenvalue weighted by Crippen LogP contribution is -2.41. The summed E-state index contributed by atoms with van der Waals surface area (Å²) in [7, 11) is 4.49. The van der Waals surface area contributed by atoms with Gasteiger partial charge in [0, 0.05) is 24.1 Å². The highest BCUT2D eigenvalue weighted by Crippen LogP contribution is 2.36. The molecule has 0 aliphatic rings. The molecule has 0 unspecified atom stereocenters. The van der Waals surface area contributed by atoms with Crippen molar-refractivity contribution in [2.75, 3.05) is 40.5 Å². The number of unbranched alkanes of at least 4 members (excludes halogenated alkanes) is 13. The molecule has 0 amide bonds. The van der Waals surface area contributed by atoms with Crippen LogP contribution in [0.4, 0.5) is 0 Å². The maximum Gasteiger partial charge on any atom is 0.168 e. The molecule has 0 aliphatic carbocycles. The molecule has 3 rings (SSSR count). The van der Waals surface area contributed by atoms with Crippen LogP contribution in [0.15, 0.2) is 85.2 Å². The fraction of sp³-hybridized carbons (Fsp3) is 0.646. The summed E-state index contributed by atoms with van der Waals surface area (Å²) in [5.74, 6) is 0.911. The van der Waals surface area contributed by atoms with Gasteiger partial charge < -0.3 is 14.0 Å². The summed E-state index contributed by atoms with van der Waals surface area (Å²) in [5, 5.41) is 0. The minimum Gasteiger partial charge on any atom is -0.491 e. The molecule has 4 nitrogen and oxygen atoms in total. The van der Waals surface area contributed by atoms with Crippen LogP contribution in [0.2, 0.25) is 0 Å². The van der Waals surface area contributed by atoms with Crippen molar-refractivity contribution in [1.82, 2.24) is 0 Å². The Balaban J connectivity index is 0.000000378. The average molecular weight is 717 g/mol. The molecule has 0 saturated carbocycles. The Morgan fingerprint density at radius 3 is 1.63 bits per heavy atom. The highest BCUT2D eigenvalue weighted by molar-refractivity contribution is 5.31. The Hall–Kier alpha value is -2.69. The van der Waals surface area contributed by atoms with Crippen LogP contribution in [0, 0.1) is 5.41 Å². The van der Waals surface area contributed by atoms with Crippen LogP contribution in [0.5, 0.6) is 5.75 Å². The fourth-order valence-electron chi connectivity index (χ4n) is 7.29. The number of benzene rings is 2. The van der Waals surface area contributed by atoms with Crippen LogP contribution in [0.25, 0.3) is 0 Å². The van der Waals surface area contributed by atoms with E-state index in [0.717, 1.165) is 36.3 Å². The van der Waals surface area contributed by atoms with E-state index in [0.29, 0.717) is 18.6 Å². The van der Waals surface area contributed by atoms with Crippen molar-refractivity contribution in [3.8, 4) is 5.75 Å². The highest BCUT2D eigenvalue weighted by Gasteiger charge is 2.27. The van der Waals surface area contributed by atoms with E-state index in [4.69, 9.17) is 9.47 Å². The van der Waals surface area contributed by atoms with Gasteiger partial charge in [0.1, 0.15) is 32.0 Å². The Labute approximate surface area is 321 Å². The van der Waals surface area contributed by atoms with Crippen molar-refractivity contribution in [3.05, 3.63) is 96.3 Å². The maximum absolute atomic E-state index is 5.87. The topological polar surface area (TPSA) is 22.3 Å². The number of quaternary nitrogens is 1. The fourth-order valence-corrected chi connectivity index (χ4v) is 7.29. The zero-order valence-corrected chi connectivity index (χ0v) is 35.1. The molecule has 0 bridgehead atoms. The summed E-state index contributed by atoms with van der Waals surface area (Å²) in [4.78, 5) is 0. The molecular formula is C48H80N2O2+2. The largest absolute Gasteiger partial charge is 0.491 e. The van der Waals surface area contributed by atoms with Crippen LogP contribution >= 0.6 is 0 Å². The molecular weight excluding hydrogens is 637 g/mol. The molecule has 0 fully saturated rings. The van der Waals surface area contributed by atoms with E-state index < -0.39 is 0 Å². The van der Waals surface area contributed by atoms with E-state index in [2.05, 4.69) is 145 Å². The van der Waals surface area contributed by atoms with Gasteiger partial charge in [-0.15, -0.1) is 0 Å². The number of likely N-dealkylation sites (N-methyl/N-ethyl adjacent to an activating group) is 1. The zero-order chi connectivity index (χ0) is 38.0. The quantitative estimate of drug-likeness (QED) is 0.0469. The van der Waals surface area contributed by atoms with Crippen LogP contribution in [-0.2, 0) is 23.2 Å². The normalized spacial score (nSPS) is 12.0. The number of aryl methyl sites for hydroxylation is 1. The number of rotatable bonds is 26. The molecule has 52 heavy (non-hydrogen) atoms.